The third-order valence-electron chi connectivity index (χ3n) is 13.0. The molecule has 2 aromatic heterocycles. The van der Waals surface area contributed by atoms with Crippen LogP contribution >= 0.6 is 23.5 Å². The van der Waals surface area contributed by atoms with E-state index < -0.39 is 0 Å². The standard InChI is InChI=1S/C30H37N3O3S.C30H37N3O2S.2Y/c1-32-27-13-7-8-14-28(27)37-30(32)23-24-16-19-33(26-12-6-5-11-25(24)26)18-9-3-4-15-29(34)31-17-10-20-36-22-21-35-2;1-3-21-35-22-11-18-31-29(34)16-5-4-10-19-33-20-17-24(25-12-6-7-13-26(25)33)23-30-32(2)27-14-8-9-15-28(27)36-30;;/h5-8,11-14,16,19,23H,3-4,9-10,15,17-18,20-22H2,1-2H3;6-9,12-15,17,20,23H,3-5,10-11,16,18-19,21-22H2,1-2H3;;/p+2. The monoisotopic (exact) mass is 1200 g/mol. The third kappa shape index (κ3) is 19.1. The molecule has 4 aromatic carbocycles. The second kappa shape index (κ2) is 34.4. The van der Waals surface area contributed by atoms with Crippen LogP contribution in [0.4, 0.5) is 11.4 Å². The van der Waals surface area contributed by atoms with Crippen LogP contribution in [-0.4, -0.2) is 79.1 Å². The average molecular weight is 1200 g/mol. The van der Waals surface area contributed by atoms with Crippen molar-refractivity contribution in [1.29, 1.82) is 0 Å². The fourth-order valence-electron chi connectivity index (χ4n) is 8.98. The molecule has 0 bridgehead atoms. The molecule has 11 nitrogen and oxygen atoms in total. The predicted octanol–water partition coefficient (Wildman–Crippen LogP) is 11.6. The van der Waals surface area contributed by atoms with Gasteiger partial charge < -0.3 is 34.6 Å². The van der Waals surface area contributed by atoms with E-state index in [2.05, 4.69) is 184 Å². The number of para-hydroxylation sites is 4. The van der Waals surface area contributed by atoms with E-state index in [1.807, 2.05) is 23.5 Å². The summed E-state index contributed by atoms with van der Waals surface area (Å²) in [6, 6.07) is 38.8. The predicted molar refractivity (Wildman–Crippen MR) is 302 cm³/mol. The van der Waals surface area contributed by atoms with Crippen molar-refractivity contribution in [2.75, 3.05) is 77.1 Å². The average Bonchev–Trinajstić information content (AvgIpc) is 3.91. The van der Waals surface area contributed by atoms with Crippen molar-refractivity contribution in [3.05, 3.63) is 143 Å². The largest absolute Gasteiger partial charge is 0.382 e. The zero-order chi connectivity index (χ0) is 51.0. The second-order valence-corrected chi connectivity index (χ2v) is 20.6. The Balaban J connectivity index is 0.000000270. The first-order chi connectivity index (χ1) is 35.8. The number of hydrogen-bond donors (Lipinski definition) is 2. The summed E-state index contributed by atoms with van der Waals surface area (Å²) in [5.74, 6) is 0.280. The molecule has 0 spiro atoms. The number of hydrogen-bond acceptors (Lipinski definition) is 9. The molecular weight excluding hydrogens is 1130 g/mol. The summed E-state index contributed by atoms with van der Waals surface area (Å²) in [4.78, 5) is 31.3. The number of thioether (sulfide) groups is 2. The molecule has 75 heavy (non-hydrogen) atoms. The van der Waals surface area contributed by atoms with Gasteiger partial charge in [0.15, 0.2) is 12.4 Å². The first-order valence-corrected chi connectivity index (χ1v) is 27.9. The fraction of sp³-hybridized carbons (Fsp3) is 0.400. The summed E-state index contributed by atoms with van der Waals surface area (Å²) in [5.41, 5.74) is 7.48. The SMILES string of the molecule is CCCOCCCNC(=O)CCCCC[n+]1ccc(C=C2Sc3ccccc3N2C)c2ccccc21.COCCOCCCNC(=O)CCCCC[n+]1ccc(C=C2Sc3ccccc3N2C)c2ccccc21.[Y].[Y]. The molecule has 2 aliphatic rings. The summed E-state index contributed by atoms with van der Waals surface area (Å²) in [6.45, 7) is 8.73. The van der Waals surface area contributed by atoms with Crippen molar-refractivity contribution >= 4 is 80.7 Å². The molecule has 0 saturated carbocycles. The van der Waals surface area contributed by atoms with E-state index in [0.717, 1.165) is 84.1 Å². The number of carbonyl (C=O) groups excluding carboxylic acids is 2. The first kappa shape index (κ1) is 62.4. The number of ether oxygens (including phenoxy) is 3. The van der Waals surface area contributed by atoms with Crippen LogP contribution < -0.4 is 29.6 Å². The van der Waals surface area contributed by atoms with Gasteiger partial charge in [-0.1, -0.05) is 79.0 Å². The van der Waals surface area contributed by atoms with E-state index in [-0.39, 0.29) is 77.2 Å². The van der Waals surface area contributed by atoms with Crippen LogP contribution in [0.1, 0.15) is 88.7 Å². The van der Waals surface area contributed by atoms with Gasteiger partial charge in [0.2, 0.25) is 22.8 Å². The van der Waals surface area contributed by atoms with Gasteiger partial charge in [-0.2, -0.15) is 9.13 Å². The number of fused-ring (bicyclic) bond motifs is 4. The van der Waals surface area contributed by atoms with Gasteiger partial charge in [-0.15, -0.1) is 0 Å². The number of aryl methyl sites for hydroxylation is 2. The molecule has 0 aliphatic carbocycles. The van der Waals surface area contributed by atoms with E-state index in [1.54, 1.807) is 7.11 Å². The Morgan fingerprint density at radius 3 is 1.43 bits per heavy atom. The van der Waals surface area contributed by atoms with E-state index in [1.165, 1.54) is 64.2 Å². The molecule has 4 heterocycles. The molecule has 0 unspecified atom stereocenters. The van der Waals surface area contributed by atoms with Gasteiger partial charge in [0.25, 0.3) is 0 Å². The van der Waals surface area contributed by atoms with Gasteiger partial charge in [-0.3, -0.25) is 9.59 Å². The molecule has 0 atom stereocenters. The quantitative estimate of drug-likeness (QED) is 0.0386. The number of nitrogens with one attached hydrogen (secondary N) is 2. The normalized spacial score (nSPS) is 13.5. The van der Waals surface area contributed by atoms with Crippen LogP contribution in [0, 0.1) is 0 Å². The molecule has 15 heteroatoms. The van der Waals surface area contributed by atoms with Gasteiger partial charge in [0.05, 0.1) is 45.4 Å². The van der Waals surface area contributed by atoms with Gasteiger partial charge in [-0.25, -0.2) is 0 Å². The van der Waals surface area contributed by atoms with Crippen molar-refractivity contribution < 1.29 is 98.4 Å². The maximum Gasteiger partial charge on any atom is 0.219 e. The van der Waals surface area contributed by atoms with Crippen LogP contribution in [0.25, 0.3) is 34.0 Å². The molecular formula is C60H76N6O5S2Y2+2. The van der Waals surface area contributed by atoms with Crippen molar-refractivity contribution in [3.63, 3.8) is 0 Å². The van der Waals surface area contributed by atoms with Crippen LogP contribution in [-0.2, 0) is 102 Å². The van der Waals surface area contributed by atoms with Gasteiger partial charge in [0.1, 0.15) is 13.1 Å². The Bertz CT molecular complexity index is 2800. The number of aromatic nitrogens is 2. The maximum atomic E-state index is 12.1. The van der Waals surface area contributed by atoms with Crippen molar-refractivity contribution in [2.24, 2.45) is 0 Å². The number of anilines is 2. The summed E-state index contributed by atoms with van der Waals surface area (Å²) >= 11 is 3.64. The third-order valence-corrected chi connectivity index (χ3v) is 15.3. The van der Waals surface area contributed by atoms with Crippen LogP contribution in [0.3, 0.4) is 0 Å². The first-order valence-electron chi connectivity index (χ1n) is 26.3. The van der Waals surface area contributed by atoms with E-state index in [0.29, 0.717) is 45.8 Å². The maximum absolute atomic E-state index is 12.1. The summed E-state index contributed by atoms with van der Waals surface area (Å²) < 4.78 is 20.5. The van der Waals surface area contributed by atoms with E-state index >= 15 is 0 Å². The van der Waals surface area contributed by atoms with Crippen molar-refractivity contribution in [1.82, 2.24) is 10.6 Å². The molecule has 392 valence electrons. The summed E-state index contributed by atoms with van der Waals surface area (Å²) in [5, 5.41) is 11.0. The molecule has 2 aliphatic heterocycles. The molecule has 8 rings (SSSR count). The Morgan fingerprint density at radius 2 is 0.973 bits per heavy atom. The number of pyridine rings is 2. The summed E-state index contributed by atoms with van der Waals surface area (Å²) in [7, 11) is 5.93. The van der Waals surface area contributed by atoms with Gasteiger partial charge >= 0.3 is 0 Å². The minimum absolute atomic E-state index is 0. The van der Waals surface area contributed by atoms with Crippen LogP contribution in [0.5, 0.6) is 0 Å². The van der Waals surface area contributed by atoms with Gasteiger partial charge in [0, 0.05) is 179 Å². The number of rotatable bonds is 27. The zero-order valence-electron chi connectivity index (χ0n) is 44.6. The molecule has 6 aromatic rings. The minimum Gasteiger partial charge on any atom is -0.382 e. The number of nitrogens with zero attached hydrogens (tertiary/aromatic N) is 4. The second-order valence-electron chi connectivity index (χ2n) is 18.4. The topological polar surface area (TPSA) is 100 Å². The van der Waals surface area contributed by atoms with Crippen molar-refractivity contribution in [2.45, 2.75) is 100 Å². The molecule has 0 saturated heterocycles. The van der Waals surface area contributed by atoms with Crippen molar-refractivity contribution in [3.8, 4) is 0 Å². The number of methoxy groups -OCH3 is 1. The number of carbonyl (C=O) groups is 2. The fourth-order valence-corrected chi connectivity index (χ4v) is 11.2. The molecule has 2 N–H and O–H groups in total. The van der Waals surface area contributed by atoms with Crippen LogP contribution in [0.2, 0.25) is 0 Å². The smallest absolute Gasteiger partial charge is 0.219 e. The number of benzene rings is 4. The zero-order valence-corrected chi connectivity index (χ0v) is 52.0. The summed E-state index contributed by atoms with van der Waals surface area (Å²) in [6.07, 6.45) is 18.9. The Hall–Kier alpha value is -3.49. The number of unbranched alkanes of at least 4 members (excludes halogenated alkanes) is 4. The Morgan fingerprint density at radius 1 is 0.533 bits per heavy atom. The van der Waals surface area contributed by atoms with E-state index in [4.69, 9.17) is 14.2 Å². The Labute approximate surface area is 505 Å². The molecule has 2 radical (unpaired) electrons. The van der Waals surface area contributed by atoms with Gasteiger partial charge in [-0.05, 0) is 105 Å². The van der Waals surface area contributed by atoms with E-state index in [9.17, 15) is 9.59 Å². The molecule has 2 amide bonds. The Kier molecular flexibility index (Phi) is 28.6. The molecule has 0 fully saturated rings. The minimum atomic E-state index is 0. The van der Waals surface area contributed by atoms with Crippen LogP contribution in [0.15, 0.2) is 141 Å². The number of amides is 2.